The van der Waals surface area contributed by atoms with E-state index in [2.05, 4.69) is 0 Å². The molecule has 0 aliphatic carbocycles. The maximum atomic E-state index is 12.9. The van der Waals surface area contributed by atoms with Crippen molar-refractivity contribution < 1.29 is 4.39 Å². The zero-order valence-electron chi connectivity index (χ0n) is 10.8. The molecular formula is C15H16FNO. The van der Waals surface area contributed by atoms with Gasteiger partial charge in [-0.05, 0) is 48.7 Å². The zero-order chi connectivity index (χ0) is 13.3. The summed E-state index contributed by atoms with van der Waals surface area (Å²) < 4.78 is 14.4. The number of nitrogens with zero attached hydrogens (tertiary/aromatic N) is 1. The van der Waals surface area contributed by atoms with Crippen molar-refractivity contribution in [2.45, 2.75) is 26.7 Å². The molecule has 0 atom stereocenters. The molecule has 94 valence electrons. The lowest BCUT2D eigenvalue weighted by Gasteiger charge is -2.13. The van der Waals surface area contributed by atoms with Gasteiger partial charge in [-0.3, -0.25) is 9.36 Å². The third-order valence-corrected chi connectivity index (χ3v) is 3.03. The van der Waals surface area contributed by atoms with E-state index in [0.29, 0.717) is 5.69 Å². The topological polar surface area (TPSA) is 22.0 Å². The fourth-order valence-electron chi connectivity index (χ4n) is 2.15. The monoisotopic (exact) mass is 245 g/mol. The van der Waals surface area contributed by atoms with Crippen LogP contribution in [0.4, 0.5) is 4.39 Å². The molecule has 0 aliphatic heterocycles. The fraction of sp³-hybridized carbons (Fsp3) is 0.267. The maximum absolute atomic E-state index is 12.9. The average molecular weight is 245 g/mol. The molecular weight excluding hydrogens is 229 g/mol. The molecule has 0 radical (unpaired) electrons. The molecule has 1 heterocycles. The minimum Gasteiger partial charge on any atom is -0.284 e. The second kappa shape index (κ2) is 4.77. The van der Waals surface area contributed by atoms with E-state index in [1.807, 2.05) is 26.8 Å². The van der Waals surface area contributed by atoms with Crippen LogP contribution in [0.25, 0.3) is 5.69 Å². The lowest BCUT2D eigenvalue weighted by molar-refractivity contribution is 0.627. The highest BCUT2D eigenvalue weighted by molar-refractivity contribution is 5.36. The summed E-state index contributed by atoms with van der Waals surface area (Å²) in [5.41, 5.74) is 2.45. The van der Waals surface area contributed by atoms with Gasteiger partial charge in [-0.25, -0.2) is 4.39 Å². The molecule has 0 unspecified atom stereocenters. The second-order valence-corrected chi connectivity index (χ2v) is 4.72. The second-order valence-electron chi connectivity index (χ2n) is 4.72. The molecule has 0 aliphatic rings. The molecule has 3 heteroatoms. The van der Waals surface area contributed by atoms with Crippen molar-refractivity contribution in [3.05, 3.63) is 63.8 Å². The Kier molecular flexibility index (Phi) is 3.32. The van der Waals surface area contributed by atoms with Gasteiger partial charge in [0.1, 0.15) is 5.82 Å². The summed E-state index contributed by atoms with van der Waals surface area (Å²) in [6, 6.07) is 7.85. The van der Waals surface area contributed by atoms with E-state index in [1.54, 1.807) is 22.9 Å². The Bertz CT molecular complexity index is 611. The molecule has 0 N–H and O–H groups in total. The first-order chi connectivity index (χ1) is 8.50. The van der Waals surface area contributed by atoms with Gasteiger partial charge in [0.25, 0.3) is 5.56 Å². The van der Waals surface area contributed by atoms with Gasteiger partial charge >= 0.3 is 0 Å². The Labute approximate surface area is 106 Å². The normalized spacial score (nSPS) is 10.9. The predicted molar refractivity (Wildman–Crippen MR) is 70.8 cm³/mol. The SMILES string of the molecule is Cc1ccn(-c2ccc(F)cc2)c(=O)c1C(C)C. The van der Waals surface area contributed by atoms with Gasteiger partial charge in [0.2, 0.25) is 0 Å². The van der Waals surface area contributed by atoms with Crippen LogP contribution in [0, 0.1) is 12.7 Å². The number of hydrogen-bond acceptors (Lipinski definition) is 1. The number of rotatable bonds is 2. The first-order valence-electron chi connectivity index (χ1n) is 5.99. The molecule has 0 amide bonds. The largest absolute Gasteiger partial charge is 0.284 e. The summed E-state index contributed by atoms with van der Waals surface area (Å²) in [6.45, 7) is 5.93. The summed E-state index contributed by atoms with van der Waals surface area (Å²) in [5, 5.41) is 0. The molecule has 1 aromatic carbocycles. The van der Waals surface area contributed by atoms with E-state index in [0.717, 1.165) is 11.1 Å². The van der Waals surface area contributed by atoms with Gasteiger partial charge < -0.3 is 0 Å². The predicted octanol–water partition coefficient (Wildman–Crippen LogP) is 3.41. The van der Waals surface area contributed by atoms with Crippen molar-refractivity contribution >= 4 is 0 Å². The van der Waals surface area contributed by atoms with Crippen LogP contribution in [-0.2, 0) is 0 Å². The van der Waals surface area contributed by atoms with Crippen LogP contribution in [0.2, 0.25) is 0 Å². The molecule has 0 bridgehead atoms. The molecule has 0 saturated carbocycles. The van der Waals surface area contributed by atoms with Crippen molar-refractivity contribution in [3.63, 3.8) is 0 Å². The van der Waals surface area contributed by atoms with Gasteiger partial charge in [-0.1, -0.05) is 13.8 Å². The van der Waals surface area contributed by atoms with Gasteiger partial charge in [0.05, 0.1) is 0 Å². The standard InChI is InChI=1S/C15H16FNO/c1-10(2)14-11(3)8-9-17(15(14)18)13-6-4-12(16)5-7-13/h4-10H,1-3H3. The number of aryl methyl sites for hydroxylation is 1. The molecule has 18 heavy (non-hydrogen) atoms. The molecule has 1 aromatic heterocycles. The third-order valence-electron chi connectivity index (χ3n) is 3.03. The molecule has 2 aromatic rings. The maximum Gasteiger partial charge on any atom is 0.258 e. The highest BCUT2D eigenvalue weighted by Gasteiger charge is 2.11. The van der Waals surface area contributed by atoms with Crippen LogP contribution in [0.1, 0.15) is 30.9 Å². The summed E-state index contributed by atoms with van der Waals surface area (Å²) in [7, 11) is 0. The van der Waals surface area contributed by atoms with Crippen molar-refractivity contribution in [1.29, 1.82) is 0 Å². The summed E-state index contributed by atoms with van der Waals surface area (Å²) >= 11 is 0. The Morgan fingerprint density at radius 3 is 2.28 bits per heavy atom. The molecule has 2 nitrogen and oxygen atoms in total. The van der Waals surface area contributed by atoms with Crippen molar-refractivity contribution in [2.75, 3.05) is 0 Å². The first kappa shape index (κ1) is 12.6. The number of aromatic nitrogens is 1. The van der Waals surface area contributed by atoms with Gasteiger partial charge in [0.15, 0.2) is 0 Å². The first-order valence-corrected chi connectivity index (χ1v) is 5.99. The van der Waals surface area contributed by atoms with E-state index in [4.69, 9.17) is 0 Å². The minimum absolute atomic E-state index is 0.0309. The highest BCUT2D eigenvalue weighted by Crippen LogP contribution is 2.16. The molecule has 0 saturated heterocycles. The molecule has 2 rings (SSSR count). The number of benzene rings is 1. The number of halogens is 1. The van der Waals surface area contributed by atoms with Crippen LogP contribution in [0.15, 0.2) is 41.3 Å². The van der Waals surface area contributed by atoms with E-state index in [-0.39, 0.29) is 17.3 Å². The van der Waals surface area contributed by atoms with Crippen LogP contribution in [0.5, 0.6) is 0 Å². The van der Waals surface area contributed by atoms with Crippen molar-refractivity contribution in [1.82, 2.24) is 4.57 Å². The quantitative estimate of drug-likeness (QED) is 0.794. The van der Waals surface area contributed by atoms with E-state index >= 15 is 0 Å². The zero-order valence-corrected chi connectivity index (χ0v) is 10.8. The number of hydrogen-bond donors (Lipinski definition) is 0. The van der Waals surface area contributed by atoms with Crippen LogP contribution in [0.3, 0.4) is 0 Å². The van der Waals surface area contributed by atoms with Crippen molar-refractivity contribution in [2.24, 2.45) is 0 Å². The fourth-order valence-corrected chi connectivity index (χ4v) is 2.15. The van der Waals surface area contributed by atoms with E-state index in [1.165, 1.54) is 12.1 Å². The molecule has 0 spiro atoms. The Morgan fingerprint density at radius 1 is 1.11 bits per heavy atom. The van der Waals surface area contributed by atoms with Crippen LogP contribution >= 0.6 is 0 Å². The Hall–Kier alpha value is -1.90. The minimum atomic E-state index is -0.303. The van der Waals surface area contributed by atoms with Crippen LogP contribution < -0.4 is 5.56 Å². The van der Waals surface area contributed by atoms with E-state index < -0.39 is 0 Å². The smallest absolute Gasteiger partial charge is 0.258 e. The Morgan fingerprint density at radius 2 is 1.72 bits per heavy atom. The van der Waals surface area contributed by atoms with Crippen molar-refractivity contribution in [3.8, 4) is 5.69 Å². The summed E-state index contributed by atoms with van der Waals surface area (Å²) in [4.78, 5) is 12.4. The van der Waals surface area contributed by atoms with Gasteiger partial charge in [-0.15, -0.1) is 0 Å². The third kappa shape index (κ3) is 2.21. The molecule has 0 fully saturated rings. The van der Waals surface area contributed by atoms with E-state index in [9.17, 15) is 9.18 Å². The summed E-state index contributed by atoms with van der Waals surface area (Å²) in [5.74, 6) is -0.131. The highest BCUT2D eigenvalue weighted by atomic mass is 19.1. The van der Waals surface area contributed by atoms with Gasteiger partial charge in [0, 0.05) is 17.4 Å². The lowest BCUT2D eigenvalue weighted by atomic mass is 10.00. The Balaban J connectivity index is 2.63. The van der Waals surface area contributed by atoms with Crippen LogP contribution in [-0.4, -0.2) is 4.57 Å². The average Bonchev–Trinajstić information content (AvgIpc) is 2.30. The van der Waals surface area contributed by atoms with Gasteiger partial charge in [-0.2, -0.15) is 0 Å². The lowest BCUT2D eigenvalue weighted by Crippen LogP contribution is -2.23. The number of pyridine rings is 1. The summed E-state index contributed by atoms with van der Waals surface area (Å²) in [6.07, 6.45) is 1.73.